The minimum Gasteiger partial charge on any atom is -0.396 e. The Balaban J connectivity index is 2.53. The Labute approximate surface area is 48.9 Å². The summed E-state index contributed by atoms with van der Waals surface area (Å²) in [5.41, 5.74) is 0. The molecule has 3 nitrogen and oxygen atoms in total. The molecule has 0 unspecified atom stereocenters. The van der Waals surface area contributed by atoms with Crippen LogP contribution in [0, 0.1) is 6.42 Å². The quantitative estimate of drug-likeness (QED) is 0.465. The highest BCUT2D eigenvalue weighted by atomic mass is 16.5. The lowest BCUT2D eigenvalue weighted by Crippen LogP contribution is -2.02. The van der Waals surface area contributed by atoms with Gasteiger partial charge in [0, 0.05) is 13.0 Å². The molecule has 0 saturated carbocycles. The summed E-state index contributed by atoms with van der Waals surface area (Å²) in [7, 11) is 0. The first-order chi connectivity index (χ1) is 3.91. The van der Waals surface area contributed by atoms with E-state index in [1.165, 1.54) is 0 Å². The lowest BCUT2D eigenvalue weighted by Gasteiger charge is -1.96. The second-order valence-corrected chi connectivity index (χ2v) is 1.27. The fourth-order valence-corrected chi connectivity index (χ4v) is 0.284. The predicted octanol–water partition coefficient (Wildman–Crippen LogP) is -0.808. The minimum absolute atomic E-state index is 0.0332. The molecule has 0 spiro atoms. The van der Waals surface area contributed by atoms with Crippen LogP contribution < -0.4 is 0 Å². The zero-order chi connectivity index (χ0) is 6.24. The Kier molecular flexibility index (Phi) is 6.78. The SMILES string of the molecule is OC[CH]COCCO. The summed E-state index contributed by atoms with van der Waals surface area (Å²) < 4.78 is 4.76. The van der Waals surface area contributed by atoms with Gasteiger partial charge in [0.05, 0.1) is 19.8 Å². The van der Waals surface area contributed by atoms with Crippen molar-refractivity contribution in [2.24, 2.45) is 0 Å². The Morgan fingerprint density at radius 1 is 1.38 bits per heavy atom. The van der Waals surface area contributed by atoms with Crippen molar-refractivity contribution >= 4 is 0 Å². The van der Waals surface area contributed by atoms with Crippen molar-refractivity contribution < 1.29 is 14.9 Å². The van der Waals surface area contributed by atoms with E-state index in [4.69, 9.17) is 14.9 Å². The van der Waals surface area contributed by atoms with Crippen LogP contribution in [-0.2, 0) is 4.74 Å². The zero-order valence-electron chi connectivity index (χ0n) is 4.71. The number of aliphatic hydroxyl groups is 2. The summed E-state index contributed by atoms with van der Waals surface area (Å²) in [6.07, 6.45) is 1.58. The lowest BCUT2D eigenvalue weighted by molar-refractivity contribution is 0.101. The molecule has 0 bridgehead atoms. The summed E-state index contributed by atoms with van der Waals surface area (Å²) in [5, 5.41) is 16.3. The standard InChI is InChI=1S/C5H11O3/c6-2-1-4-8-5-3-7/h1,6-7H,2-5H2. The van der Waals surface area contributed by atoms with Gasteiger partial charge in [-0.25, -0.2) is 0 Å². The van der Waals surface area contributed by atoms with Crippen LogP contribution in [0.15, 0.2) is 0 Å². The molecule has 0 amide bonds. The molecule has 0 aromatic heterocycles. The molecule has 0 fully saturated rings. The average Bonchev–Trinajstić information content (AvgIpc) is 1.81. The van der Waals surface area contributed by atoms with Gasteiger partial charge < -0.3 is 14.9 Å². The first kappa shape index (κ1) is 7.88. The minimum atomic E-state index is 0.0332. The highest BCUT2D eigenvalue weighted by Gasteiger charge is 1.83. The molecule has 49 valence electrons. The Hall–Kier alpha value is -0.120. The lowest BCUT2D eigenvalue weighted by atomic mass is 10.5. The van der Waals surface area contributed by atoms with Crippen molar-refractivity contribution in [3.63, 3.8) is 0 Å². The van der Waals surface area contributed by atoms with Crippen LogP contribution in [0.1, 0.15) is 0 Å². The van der Waals surface area contributed by atoms with Crippen molar-refractivity contribution in [2.75, 3.05) is 26.4 Å². The number of ether oxygens (including phenoxy) is 1. The maximum Gasteiger partial charge on any atom is 0.0697 e. The molecule has 1 radical (unpaired) electrons. The largest absolute Gasteiger partial charge is 0.396 e. The second kappa shape index (κ2) is 6.88. The van der Waals surface area contributed by atoms with Crippen LogP contribution in [-0.4, -0.2) is 36.6 Å². The second-order valence-electron chi connectivity index (χ2n) is 1.27. The maximum atomic E-state index is 8.17. The van der Waals surface area contributed by atoms with Crippen LogP contribution in [0.4, 0.5) is 0 Å². The molecule has 8 heavy (non-hydrogen) atoms. The first-order valence-electron chi connectivity index (χ1n) is 2.53. The smallest absolute Gasteiger partial charge is 0.0697 e. The van der Waals surface area contributed by atoms with E-state index in [0.29, 0.717) is 13.2 Å². The highest BCUT2D eigenvalue weighted by molar-refractivity contribution is 4.58. The maximum absolute atomic E-state index is 8.17. The van der Waals surface area contributed by atoms with Gasteiger partial charge in [0.1, 0.15) is 0 Å². The van der Waals surface area contributed by atoms with Crippen LogP contribution in [0.2, 0.25) is 0 Å². The van der Waals surface area contributed by atoms with Gasteiger partial charge in [0.15, 0.2) is 0 Å². The van der Waals surface area contributed by atoms with Crippen molar-refractivity contribution in [1.82, 2.24) is 0 Å². The number of rotatable bonds is 5. The van der Waals surface area contributed by atoms with Gasteiger partial charge in [-0.1, -0.05) is 0 Å². The van der Waals surface area contributed by atoms with E-state index < -0.39 is 0 Å². The molecular weight excluding hydrogens is 108 g/mol. The monoisotopic (exact) mass is 119 g/mol. The third kappa shape index (κ3) is 5.88. The molecule has 0 atom stereocenters. The molecule has 0 aliphatic rings. The van der Waals surface area contributed by atoms with E-state index >= 15 is 0 Å². The van der Waals surface area contributed by atoms with Gasteiger partial charge in [-0.05, 0) is 0 Å². The fourth-order valence-electron chi connectivity index (χ4n) is 0.284. The Bertz CT molecular complexity index is 32.7. The topological polar surface area (TPSA) is 49.7 Å². The van der Waals surface area contributed by atoms with Crippen LogP contribution >= 0.6 is 0 Å². The number of hydrogen-bond donors (Lipinski definition) is 2. The van der Waals surface area contributed by atoms with Gasteiger partial charge in [-0.2, -0.15) is 0 Å². The average molecular weight is 119 g/mol. The normalized spacial score (nSPS) is 9.75. The summed E-state index contributed by atoms with van der Waals surface area (Å²) in [5.74, 6) is 0. The van der Waals surface area contributed by atoms with Crippen LogP contribution in [0.3, 0.4) is 0 Å². The van der Waals surface area contributed by atoms with E-state index in [9.17, 15) is 0 Å². The van der Waals surface area contributed by atoms with E-state index in [1.54, 1.807) is 6.42 Å². The van der Waals surface area contributed by atoms with Crippen LogP contribution in [0.5, 0.6) is 0 Å². The summed E-state index contributed by atoms with van der Waals surface area (Å²) >= 11 is 0. The van der Waals surface area contributed by atoms with E-state index in [-0.39, 0.29) is 13.2 Å². The number of hydrogen-bond acceptors (Lipinski definition) is 3. The zero-order valence-corrected chi connectivity index (χ0v) is 4.71. The van der Waals surface area contributed by atoms with Gasteiger partial charge in [0.25, 0.3) is 0 Å². The first-order valence-corrected chi connectivity index (χ1v) is 2.53. The van der Waals surface area contributed by atoms with Gasteiger partial charge in [-0.15, -0.1) is 0 Å². The molecule has 0 heterocycles. The summed E-state index contributed by atoms with van der Waals surface area (Å²) in [6.45, 7) is 0.832. The summed E-state index contributed by atoms with van der Waals surface area (Å²) in [6, 6.07) is 0. The van der Waals surface area contributed by atoms with Crippen LogP contribution in [0.25, 0.3) is 0 Å². The Morgan fingerprint density at radius 3 is 2.62 bits per heavy atom. The molecule has 0 saturated heterocycles. The van der Waals surface area contributed by atoms with Gasteiger partial charge in [-0.3, -0.25) is 0 Å². The van der Waals surface area contributed by atoms with Crippen molar-refractivity contribution in [1.29, 1.82) is 0 Å². The van der Waals surface area contributed by atoms with Crippen molar-refractivity contribution in [3.05, 3.63) is 6.42 Å². The van der Waals surface area contributed by atoms with Crippen molar-refractivity contribution in [2.45, 2.75) is 0 Å². The molecular formula is C5H11O3. The molecule has 0 aliphatic carbocycles. The molecule has 3 heteroatoms. The molecule has 2 N–H and O–H groups in total. The third-order valence-electron chi connectivity index (χ3n) is 0.600. The van der Waals surface area contributed by atoms with Gasteiger partial charge >= 0.3 is 0 Å². The van der Waals surface area contributed by atoms with Crippen molar-refractivity contribution in [3.8, 4) is 0 Å². The summed E-state index contributed by atoms with van der Waals surface area (Å²) in [4.78, 5) is 0. The molecule has 0 rings (SSSR count). The van der Waals surface area contributed by atoms with Gasteiger partial charge in [0.2, 0.25) is 0 Å². The fraction of sp³-hybridized carbons (Fsp3) is 0.800. The highest BCUT2D eigenvalue weighted by Crippen LogP contribution is 1.76. The third-order valence-corrected chi connectivity index (χ3v) is 0.600. The molecule has 0 aromatic rings. The van der Waals surface area contributed by atoms with E-state index in [1.807, 2.05) is 0 Å². The van der Waals surface area contributed by atoms with E-state index in [0.717, 1.165) is 0 Å². The molecule has 0 aromatic carbocycles. The number of aliphatic hydroxyl groups excluding tert-OH is 2. The predicted molar refractivity (Wildman–Crippen MR) is 29.3 cm³/mol. The van der Waals surface area contributed by atoms with E-state index in [2.05, 4.69) is 0 Å². The molecule has 0 aliphatic heterocycles. The Morgan fingerprint density at radius 2 is 2.12 bits per heavy atom.